The minimum atomic E-state index is -4.43. The molecule has 0 atom stereocenters. The monoisotopic (exact) mass is 428 g/mol. The van der Waals surface area contributed by atoms with Crippen molar-refractivity contribution >= 4 is 29.0 Å². The summed E-state index contributed by atoms with van der Waals surface area (Å²) in [6, 6.07) is 9.21. The molecule has 28 heavy (non-hydrogen) atoms. The molecule has 3 aromatic rings. The number of pyridine rings is 1. The highest BCUT2D eigenvalue weighted by molar-refractivity contribution is 6.42. The summed E-state index contributed by atoms with van der Waals surface area (Å²) in [4.78, 5) is 11.5. The molecule has 0 saturated carbocycles. The SMILES string of the molecule is FC(F)(F)c1ccc(Oc2ccc(CCNc3ncnc(Cl)c3Cl)cc2)nc1. The van der Waals surface area contributed by atoms with E-state index in [0.29, 0.717) is 24.5 Å². The third-order valence-electron chi connectivity index (χ3n) is 3.66. The maximum Gasteiger partial charge on any atom is 0.417 e. The average Bonchev–Trinajstić information content (AvgIpc) is 2.66. The Bertz CT molecular complexity index is 935. The highest BCUT2D eigenvalue weighted by Gasteiger charge is 2.30. The smallest absolute Gasteiger partial charge is 0.417 e. The van der Waals surface area contributed by atoms with Crippen molar-refractivity contribution in [2.24, 2.45) is 0 Å². The van der Waals surface area contributed by atoms with E-state index in [1.165, 1.54) is 12.4 Å². The van der Waals surface area contributed by atoms with Crippen molar-refractivity contribution in [3.63, 3.8) is 0 Å². The largest absolute Gasteiger partial charge is 0.439 e. The molecular weight excluding hydrogens is 416 g/mol. The van der Waals surface area contributed by atoms with E-state index < -0.39 is 11.7 Å². The summed E-state index contributed by atoms with van der Waals surface area (Å²) < 4.78 is 43.1. The molecule has 0 saturated heterocycles. The Morgan fingerprint density at radius 3 is 2.36 bits per heavy atom. The number of nitrogens with zero attached hydrogens (tertiary/aromatic N) is 3. The molecule has 2 heterocycles. The summed E-state index contributed by atoms with van der Waals surface area (Å²) in [6.45, 7) is 0.563. The molecule has 0 fully saturated rings. The molecule has 0 aliphatic rings. The van der Waals surface area contributed by atoms with Gasteiger partial charge >= 0.3 is 6.18 Å². The van der Waals surface area contributed by atoms with Crippen LogP contribution in [0.5, 0.6) is 11.6 Å². The Morgan fingerprint density at radius 2 is 1.71 bits per heavy atom. The van der Waals surface area contributed by atoms with Crippen molar-refractivity contribution in [1.29, 1.82) is 0 Å². The fourth-order valence-electron chi connectivity index (χ4n) is 2.25. The second kappa shape index (κ2) is 8.62. The molecule has 10 heteroatoms. The third kappa shape index (κ3) is 5.24. The van der Waals surface area contributed by atoms with E-state index in [4.69, 9.17) is 27.9 Å². The zero-order chi connectivity index (χ0) is 20.1. The van der Waals surface area contributed by atoms with E-state index in [-0.39, 0.29) is 16.1 Å². The molecule has 3 rings (SSSR count). The van der Waals surface area contributed by atoms with Crippen LogP contribution >= 0.6 is 23.2 Å². The lowest BCUT2D eigenvalue weighted by Crippen LogP contribution is -2.07. The van der Waals surface area contributed by atoms with Crippen LogP contribution in [0, 0.1) is 0 Å². The average molecular weight is 429 g/mol. The maximum atomic E-state index is 12.5. The fraction of sp³-hybridized carbons (Fsp3) is 0.167. The van der Waals surface area contributed by atoms with Gasteiger partial charge in [-0.05, 0) is 30.2 Å². The van der Waals surface area contributed by atoms with Crippen LogP contribution in [0.25, 0.3) is 0 Å². The highest BCUT2D eigenvalue weighted by atomic mass is 35.5. The summed E-state index contributed by atoms with van der Waals surface area (Å²) in [6.07, 6.45) is -1.70. The van der Waals surface area contributed by atoms with Crippen LogP contribution in [0.3, 0.4) is 0 Å². The van der Waals surface area contributed by atoms with Gasteiger partial charge in [-0.3, -0.25) is 0 Å². The van der Waals surface area contributed by atoms with Crippen LogP contribution < -0.4 is 10.1 Å². The lowest BCUT2D eigenvalue weighted by Gasteiger charge is -2.09. The molecule has 0 amide bonds. The number of halogens is 5. The first-order chi connectivity index (χ1) is 13.3. The number of anilines is 1. The topological polar surface area (TPSA) is 59.9 Å². The number of nitrogens with one attached hydrogen (secondary N) is 1. The van der Waals surface area contributed by atoms with E-state index >= 15 is 0 Å². The van der Waals surface area contributed by atoms with Gasteiger partial charge in [0.25, 0.3) is 0 Å². The Kier molecular flexibility index (Phi) is 6.21. The Morgan fingerprint density at radius 1 is 0.964 bits per heavy atom. The van der Waals surface area contributed by atoms with E-state index in [9.17, 15) is 13.2 Å². The van der Waals surface area contributed by atoms with E-state index in [1.54, 1.807) is 12.1 Å². The zero-order valence-corrected chi connectivity index (χ0v) is 15.7. The molecular formula is C18H13Cl2F3N4O. The van der Waals surface area contributed by atoms with Crippen molar-refractivity contribution in [1.82, 2.24) is 15.0 Å². The third-order valence-corrected chi connectivity index (χ3v) is 4.40. The van der Waals surface area contributed by atoms with Gasteiger partial charge in [0.1, 0.15) is 22.9 Å². The van der Waals surface area contributed by atoms with Gasteiger partial charge in [0, 0.05) is 18.8 Å². The van der Waals surface area contributed by atoms with Crippen molar-refractivity contribution < 1.29 is 17.9 Å². The maximum absolute atomic E-state index is 12.5. The van der Waals surface area contributed by atoms with Gasteiger partial charge in [-0.25, -0.2) is 15.0 Å². The molecule has 5 nitrogen and oxygen atoms in total. The summed E-state index contributed by atoms with van der Waals surface area (Å²) in [7, 11) is 0. The number of hydrogen-bond acceptors (Lipinski definition) is 5. The van der Waals surface area contributed by atoms with Gasteiger partial charge in [-0.2, -0.15) is 13.2 Å². The second-order valence-corrected chi connectivity index (χ2v) is 6.37. The molecule has 0 aliphatic carbocycles. The first kappa shape index (κ1) is 20.2. The first-order valence-electron chi connectivity index (χ1n) is 8.03. The highest BCUT2D eigenvalue weighted by Crippen LogP contribution is 2.30. The van der Waals surface area contributed by atoms with Gasteiger partial charge in [-0.15, -0.1) is 0 Å². The van der Waals surface area contributed by atoms with Crippen LogP contribution in [0.15, 0.2) is 48.9 Å². The van der Waals surface area contributed by atoms with Crippen LogP contribution in [-0.4, -0.2) is 21.5 Å². The standard InChI is InChI=1S/C18H13Cl2F3N4O/c19-15-16(20)26-10-27-17(15)24-8-7-11-1-4-13(5-2-11)28-14-6-3-12(9-25-14)18(21,22)23/h1-6,9-10H,7-8H2,(H,24,26,27). The second-order valence-electron chi connectivity index (χ2n) is 5.63. The number of rotatable bonds is 6. The molecule has 0 bridgehead atoms. The van der Waals surface area contributed by atoms with Gasteiger partial charge < -0.3 is 10.1 Å². The Labute approximate surface area is 168 Å². The molecule has 2 aromatic heterocycles. The van der Waals surface area contributed by atoms with Gasteiger partial charge in [0.05, 0.1) is 5.56 Å². The summed E-state index contributed by atoms with van der Waals surface area (Å²) in [5, 5.41) is 3.51. The van der Waals surface area contributed by atoms with Gasteiger partial charge in [0.2, 0.25) is 5.88 Å². The zero-order valence-electron chi connectivity index (χ0n) is 14.2. The van der Waals surface area contributed by atoms with E-state index in [1.807, 2.05) is 12.1 Å². The van der Waals surface area contributed by atoms with Crippen LogP contribution in [0.4, 0.5) is 19.0 Å². The normalized spacial score (nSPS) is 11.3. The minimum Gasteiger partial charge on any atom is -0.439 e. The summed E-state index contributed by atoms with van der Waals surface area (Å²) >= 11 is 11.8. The van der Waals surface area contributed by atoms with Crippen LogP contribution in [-0.2, 0) is 12.6 Å². The number of aromatic nitrogens is 3. The lowest BCUT2D eigenvalue weighted by atomic mass is 10.1. The van der Waals surface area contributed by atoms with E-state index in [0.717, 1.165) is 17.8 Å². The van der Waals surface area contributed by atoms with E-state index in [2.05, 4.69) is 20.3 Å². The number of hydrogen-bond donors (Lipinski definition) is 1. The quantitative estimate of drug-likeness (QED) is 0.514. The van der Waals surface area contributed by atoms with Gasteiger partial charge in [-0.1, -0.05) is 35.3 Å². The van der Waals surface area contributed by atoms with Crippen LogP contribution in [0.1, 0.15) is 11.1 Å². The van der Waals surface area contributed by atoms with Crippen LogP contribution in [0.2, 0.25) is 10.2 Å². The molecule has 1 N–H and O–H groups in total. The molecule has 0 radical (unpaired) electrons. The van der Waals surface area contributed by atoms with Crippen molar-refractivity contribution in [2.45, 2.75) is 12.6 Å². The number of alkyl halides is 3. The molecule has 0 unspecified atom stereocenters. The molecule has 1 aromatic carbocycles. The number of benzene rings is 1. The molecule has 0 spiro atoms. The fourth-order valence-corrected chi connectivity index (χ4v) is 2.55. The van der Waals surface area contributed by atoms with Gasteiger partial charge in [0.15, 0.2) is 5.15 Å². The van der Waals surface area contributed by atoms with Crippen molar-refractivity contribution in [3.05, 3.63) is 70.2 Å². The van der Waals surface area contributed by atoms with Crippen molar-refractivity contribution in [2.75, 3.05) is 11.9 Å². The lowest BCUT2D eigenvalue weighted by molar-refractivity contribution is -0.137. The Hall–Kier alpha value is -2.58. The molecule has 0 aliphatic heterocycles. The van der Waals surface area contributed by atoms with Crippen molar-refractivity contribution in [3.8, 4) is 11.6 Å². The Balaban J connectivity index is 1.54. The summed E-state index contributed by atoms with van der Waals surface area (Å²) in [5.74, 6) is 1.00. The number of ether oxygens (including phenoxy) is 1. The summed E-state index contributed by atoms with van der Waals surface area (Å²) in [5.41, 5.74) is 0.185. The predicted molar refractivity (Wildman–Crippen MR) is 100 cm³/mol. The minimum absolute atomic E-state index is 0.0812. The first-order valence-corrected chi connectivity index (χ1v) is 8.78. The molecule has 146 valence electrons. The predicted octanol–water partition coefficient (Wildman–Crippen LogP) is 5.64.